The minimum absolute atomic E-state index is 0.208. The number of carbonyl (C=O) groups excluding carboxylic acids is 1. The summed E-state index contributed by atoms with van der Waals surface area (Å²) in [6, 6.07) is 17.8. The first kappa shape index (κ1) is 20.3. The number of anilines is 1. The molecule has 3 aromatic rings. The van der Waals surface area contributed by atoms with Gasteiger partial charge in [-0.05, 0) is 36.3 Å². The van der Waals surface area contributed by atoms with Gasteiger partial charge < -0.3 is 5.11 Å². The van der Waals surface area contributed by atoms with Crippen LogP contribution in [0.3, 0.4) is 0 Å². The zero-order valence-corrected chi connectivity index (χ0v) is 17.6. The van der Waals surface area contributed by atoms with Crippen molar-refractivity contribution in [2.24, 2.45) is 5.92 Å². The van der Waals surface area contributed by atoms with Gasteiger partial charge in [0.15, 0.2) is 5.13 Å². The van der Waals surface area contributed by atoms with Crippen molar-refractivity contribution in [3.63, 3.8) is 0 Å². The van der Waals surface area contributed by atoms with Crippen LogP contribution in [0.2, 0.25) is 0 Å². The first-order valence-electron chi connectivity index (χ1n) is 10.1. The molecule has 1 amide bonds. The van der Waals surface area contributed by atoms with Crippen LogP contribution in [0.4, 0.5) is 5.13 Å². The number of amides is 1. The molecule has 1 aliphatic carbocycles. The van der Waals surface area contributed by atoms with Crippen molar-refractivity contribution in [2.75, 3.05) is 11.9 Å². The molecule has 2 aromatic carbocycles. The van der Waals surface area contributed by atoms with Gasteiger partial charge in [-0.25, -0.2) is 4.98 Å². The van der Waals surface area contributed by atoms with Crippen molar-refractivity contribution in [1.82, 2.24) is 4.98 Å². The Kier molecular flexibility index (Phi) is 5.95. The fourth-order valence-corrected chi connectivity index (χ4v) is 4.54. The summed E-state index contributed by atoms with van der Waals surface area (Å²) in [4.78, 5) is 30.7. The Hall–Kier alpha value is -2.99. The van der Waals surface area contributed by atoms with E-state index in [1.54, 1.807) is 7.05 Å². The molecule has 30 heavy (non-hydrogen) atoms. The minimum atomic E-state index is -0.976. The van der Waals surface area contributed by atoms with Crippen molar-refractivity contribution in [3.8, 4) is 11.3 Å². The van der Waals surface area contributed by atoms with Crippen LogP contribution in [0.1, 0.15) is 36.3 Å². The molecular weight excluding hydrogens is 396 g/mol. The van der Waals surface area contributed by atoms with E-state index in [9.17, 15) is 14.7 Å². The Morgan fingerprint density at radius 3 is 2.53 bits per heavy atom. The molecular formula is C24H24N2O3S. The number of carboxylic acids is 1. The maximum atomic E-state index is 13.1. The zero-order valence-electron chi connectivity index (χ0n) is 16.8. The van der Waals surface area contributed by atoms with Gasteiger partial charge in [0.25, 0.3) is 0 Å². The molecule has 0 unspecified atom stereocenters. The Bertz CT molecular complexity index is 1040. The van der Waals surface area contributed by atoms with E-state index >= 15 is 0 Å². The van der Waals surface area contributed by atoms with Crippen LogP contribution >= 0.6 is 11.3 Å². The highest BCUT2D eigenvalue weighted by Crippen LogP contribution is 2.44. The van der Waals surface area contributed by atoms with E-state index in [1.807, 2.05) is 41.8 Å². The molecule has 154 valence electrons. The lowest BCUT2D eigenvalue weighted by Gasteiger charge is -2.21. The van der Waals surface area contributed by atoms with Crippen LogP contribution in [0.5, 0.6) is 0 Å². The summed E-state index contributed by atoms with van der Waals surface area (Å²) >= 11 is 1.41. The zero-order chi connectivity index (χ0) is 21.1. The number of rotatable bonds is 8. The third-order valence-electron chi connectivity index (χ3n) is 5.46. The van der Waals surface area contributed by atoms with Crippen LogP contribution in [0.25, 0.3) is 11.3 Å². The molecule has 1 aromatic heterocycles. The predicted octanol–water partition coefficient (Wildman–Crippen LogP) is 4.98. The van der Waals surface area contributed by atoms with Gasteiger partial charge in [0.05, 0.1) is 18.0 Å². The SMILES string of the molecule is CN(C(=O)[C@@H](CC(=O)O)Cc1ccccc1)c1nc(-c2ccccc2C2CC2)cs1. The average molecular weight is 421 g/mol. The van der Waals surface area contributed by atoms with E-state index in [0.717, 1.165) is 16.8 Å². The van der Waals surface area contributed by atoms with Gasteiger partial charge in [-0.3, -0.25) is 14.5 Å². The summed E-state index contributed by atoms with van der Waals surface area (Å²) in [5.74, 6) is -1.23. The quantitative estimate of drug-likeness (QED) is 0.558. The van der Waals surface area contributed by atoms with Crippen LogP contribution in [0, 0.1) is 5.92 Å². The van der Waals surface area contributed by atoms with Gasteiger partial charge in [-0.1, -0.05) is 54.6 Å². The fraction of sp³-hybridized carbons (Fsp3) is 0.292. The number of carboxylic acid groups (broad SMARTS) is 1. The molecule has 1 N–H and O–H groups in total. The summed E-state index contributed by atoms with van der Waals surface area (Å²) in [6.07, 6.45) is 2.60. The molecule has 1 fully saturated rings. The summed E-state index contributed by atoms with van der Waals surface area (Å²) in [7, 11) is 1.68. The summed E-state index contributed by atoms with van der Waals surface area (Å²) in [5.41, 5.74) is 4.25. The summed E-state index contributed by atoms with van der Waals surface area (Å²) in [5, 5.41) is 11.9. The lowest BCUT2D eigenvalue weighted by atomic mass is 9.95. The molecule has 0 radical (unpaired) electrons. The van der Waals surface area contributed by atoms with Crippen molar-refractivity contribution < 1.29 is 14.7 Å². The van der Waals surface area contributed by atoms with Crippen LogP contribution in [-0.2, 0) is 16.0 Å². The summed E-state index contributed by atoms with van der Waals surface area (Å²) in [6.45, 7) is 0. The second-order valence-electron chi connectivity index (χ2n) is 7.76. The van der Waals surface area contributed by atoms with Crippen molar-refractivity contribution in [2.45, 2.75) is 31.6 Å². The monoisotopic (exact) mass is 420 g/mol. The van der Waals surface area contributed by atoms with Gasteiger partial charge in [-0.2, -0.15) is 0 Å². The van der Waals surface area contributed by atoms with Crippen LogP contribution in [-0.4, -0.2) is 29.0 Å². The Morgan fingerprint density at radius 1 is 1.13 bits per heavy atom. The number of hydrogen-bond acceptors (Lipinski definition) is 4. The van der Waals surface area contributed by atoms with Crippen molar-refractivity contribution in [1.29, 1.82) is 0 Å². The Labute approximate surface area is 180 Å². The topological polar surface area (TPSA) is 70.5 Å². The lowest BCUT2D eigenvalue weighted by molar-refractivity contribution is -0.140. The molecule has 1 heterocycles. The molecule has 1 aliphatic rings. The number of benzene rings is 2. The van der Waals surface area contributed by atoms with Crippen LogP contribution < -0.4 is 4.90 Å². The van der Waals surface area contributed by atoms with Gasteiger partial charge in [0.1, 0.15) is 0 Å². The number of carbonyl (C=O) groups is 2. The van der Waals surface area contributed by atoms with Crippen LogP contribution in [0.15, 0.2) is 60.0 Å². The Morgan fingerprint density at radius 2 is 1.83 bits per heavy atom. The third kappa shape index (κ3) is 4.60. The van der Waals surface area contributed by atoms with Gasteiger partial charge in [-0.15, -0.1) is 11.3 Å². The molecule has 0 bridgehead atoms. The minimum Gasteiger partial charge on any atom is -0.481 e. The molecule has 0 spiro atoms. The predicted molar refractivity (Wildman–Crippen MR) is 119 cm³/mol. The molecule has 0 aliphatic heterocycles. The smallest absolute Gasteiger partial charge is 0.304 e. The highest BCUT2D eigenvalue weighted by molar-refractivity contribution is 7.14. The average Bonchev–Trinajstić information content (AvgIpc) is 3.49. The van der Waals surface area contributed by atoms with Gasteiger partial charge >= 0.3 is 5.97 Å². The lowest BCUT2D eigenvalue weighted by Crippen LogP contribution is -2.35. The number of aliphatic carboxylic acids is 1. The van der Waals surface area contributed by atoms with Gasteiger partial charge in [0.2, 0.25) is 5.91 Å². The fourth-order valence-electron chi connectivity index (χ4n) is 3.75. The van der Waals surface area contributed by atoms with E-state index in [2.05, 4.69) is 18.2 Å². The van der Waals surface area contributed by atoms with E-state index < -0.39 is 11.9 Å². The highest BCUT2D eigenvalue weighted by Gasteiger charge is 2.29. The molecule has 6 heteroatoms. The highest BCUT2D eigenvalue weighted by atomic mass is 32.1. The molecule has 5 nitrogen and oxygen atoms in total. The van der Waals surface area contributed by atoms with Crippen molar-refractivity contribution in [3.05, 3.63) is 71.1 Å². The van der Waals surface area contributed by atoms with E-state index in [1.165, 1.54) is 34.6 Å². The first-order valence-corrected chi connectivity index (χ1v) is 11.0. The molecule has 1 saturated carbocycles. The summed E-state index contributed by atoms with van der Waals surface area (Å²) < 4.78 is 0. The Balaban J connectivity index is 1.55. The van der Waals surface area contributed by atoms with E-state index in [-0.39, 0.29) is 12.3 Å². The second-order valence-corrected chi connectivity index (χ2v) is 8.60. The van der Waals surface area contributed by atoms with E-state index in [0.29, 0.717) is 17.5 Å². The third-order valence-corrected chi connectivity index (χ3v) is 6.38. The molecule has 0 saturated heterocycles. The van der Waals surface area contributed by atoms with Crippen molar-refractivity contribution >= 4 is 28.3 Å². The van der Waals surface area contributed by atoms with Gasteiger partial charge in [0, 0.05) is 18.0 Å². The number of aromatic nitrogens is 1. The number of thiazole rings is 1. The maximum Gasteiger partial charge on any atom is 0.304 e. The number of hydrogen-bond donors (Lipinski definition) is 1. The van der Waals surface area contributed by atoms with E-state index in [4.69, 9.17) is 4.98 Å². The normalized spacial score (nSPS) is 14.3. The number of nitrogens with zero attached hydrogens (tertiary/aromatic N) is 2. The standard InChI is InChI=1S/C24H24N2O3S/c1-26(23(29)18(14-22(27)28)13-16-7-3-2-4-8-16)24-25-21(15-30-24)20-10-6-5-9-19(20)17-11-12-17/h2-10,15,17-18H,11-14H2,1H3,(H,27,28)/t18-/m1/s1. The molecule has 1 atom stereocenters. The first-order chi connectivity index (χ1) is 14.5. The largest absolute Gasteiger partial charge is 0.481 e. The molecule has 4 rings (SSSR count). The second kappa shape index (κ2) is 8.79. The maximum absolute atomic E-state index is 13.1.